The summed E-state index contributed by atoms with van der Waals surface area (Å²) in [6, 6.07) is 7.99. The molecule has 0 saturated heterocycles. The zero-order valence-electron chi connectivity index (χ0n) is 10.2. The molecule has 0 amide bonds. The third-order valence-corrected chi connectivity index (χ3v) is 3.49. The van der Waals surface area contributed by atoms with Crippen molar-refractivity contribution in [2.24, 2.45) is 5.10 Å². The number of nitrogens with one attached hydrogen (secondary N) is 1. The van der Waals surface area contributed by atoms with Crippen molar-refractivity contribution in [3.63, 3.8) is 0 Å². The number of hydrogen-bond acceptors (Lipinski definition) is 6. The molecule has 0 saturated carbocycles. The van der Waals surface area contributed by atoms with E-state index in [2.05, 4.69) is 25.5 Å². The molecule has 3 aromatic rings. The van der Waals surface area contributed by atoms with E-state index in [9.17, 15) is 0 Å². The third-order valence-electron chi connectivity index (χ3n) is 2.55. The Morgan fingerprint density at radius 3 is 2.95 bits per heavy atom. The summed E-state index contributed by atoms with van der Waals surface area (Å²) in [5.41, 5.74) is 5.45. The highest BCUT2D eigenvalue weighted by Crippen LogP contribution is 2.25. The highest BCUT2D eigenvalue weighted by molar-refractivity contribution is 7.22. The van der Waals surface area contributed by atoms with Gasteiger partial charge in [-0.3, -0.25) is 15.4 Å². The fourth-order valence-corrected chi connectivity index (χ4v) is 2.40. The lowest BCUT2D eigenvalue weighted by Gasteiger charge is -1.98. The average Bonchev–Trinajstić information content (AvgIpc) is 2.88. The molecule has 94 valence electrons. The summed E-state index contributed by atoms with van der Waals surface area (Å²) >= 11 is 1.57. The zero-order chi connectivity index (χ0) is 13.1. The van der Waals surface area contributed by atoms with Gasteiger partial charge in [0.2, 0.25) is 5.13 Å². The van der Waals surface area contributed by atoms with Crippen LogP contribution in [-0.4, -0.2) is 20.7 Å². The molecule has 0 aliphatic rings. The van der Waals surface area contributed by atoms with Crippen LogP contribution >= 0.6 is 11.3 Å². The highest BCUT2D eigenvalue weighted by atomic mass is 32.1. The van der Waals surface area contributed by atoms with Gasteiger partial charge in [0, 0.05) is 12.4 Å². The van der Waals surface area contributed by atoms with E-state index < -0.39 is 0 Å². The van der Waals surface area contributed by atoms with Gasteiger partial charge in [0.15, 0.2) is 0 Å². The molecular weight excluding hydrogens is 258 g/mol. The summed E-state index contributed by atoms with van der Waals surface area (Å²) < 4.78 is 1.14. The Kier molecular flexibility index (Phi) is 3.16. The molecule has 0 unspecified atom stereocenters. The lowest BCUT2D eigenvalue weighted by atomic mass is 10.3. The highest BCUT2D eigenvalue weighted by Gasteiger charge is 2.02. The van der Waals surface area contributed by atoms with Gasteiger partial charge in [0.1, 0.15) is 5.69 Å². The van der Waals surface area contributed by atoms with Crippen molar-refractivity contribution in [1.29, 1.82) is 0 Å². The number of thiazole rings is 1. The lowest BCUT2D eigenvalue weighted by molar-refractivity contribution is 1.16. The predicted octanol–water partition coefficient (Wildman–Crippen LogP) is 2.92. The van der Waals surface area contributed by atoms with Gasteiger partial charge >= 0.3 is 0 Å². The maximum atomic E-state index is 4.44. The molecule has 0 fully saturated rings. The van der Waals surface area contributed by atoms with Crippen molar-refractivity contribution < 1.29 is 0 Å². The number of hydrazone groups is 1. The van der Waals surface area contributed by atoms with Crippen molar-refractivity contribution in [3.05, 3.63) is 48.5 Å². The molecule has 5 nitrogen and oxygen atoms in total. The van der Waals surface area contributed by atoms with Gasteiger partial charge < -0.3 is 0 Å². The van der Waals surface area contributed by atoms with Crippen molar-refractivity contribution in [2.75, 3.05) is 5.43 Å². The van der Waals surface area contributed by atoms with Crippen LogP contribution in [0.3, 0.4) is 0 Å². The lowest BCUT2D eigenvalue weighted by Crippen LogP contribution is -2.02. The van der Waals surface area contributed by atoms with E-state index in [0.29, 0.717) is 0 Å². The summed E-state index contributed by atoms with van der Waals surface area (Å²) in [7, 11) is 0. The van der Waals surface area contributed by atoms with Crippen LogP contribution in [0.5, 0.6) is 0 Å². The smallest absolute Gasteiger partial charge is 0.204 e. The minimum absolute atomic E-state index is 0.746. The summed E-state index contributed by atoms with van der Waals surface area (Å²) in [6.45, 7) is 1.88. The van der Waals surface area contributed by atoms with Crippen molar-refractivity contribution >= 4 is 32.4 Å². The fraction of sp³-hybridized carbons (Fsp3) is 0.0769. The Labute approximate surface area is 114 Å². The third kappa shape index (κ3) is 2.58. The standard InChI is InChI=1S/C13H11N5S/c1-9(11-8-14-6-7-15-11)17-18-13-16-10-4-2-3-5-12(10)19-13/h2-8H,1H3,(H,16,18). The minimum atomic E-state index is 0.746. The normalized spacial score (nSPS) is 11.7. The van der Waals surface area contributed by atoms with Gasteiger partial charge in [-0.25, -0.2) is 4.98 Å². The van der Waals surface area contributed by atoms with Crippen LogP contribution < -0.4 is 5.43 Å². The largest absolute Gasteiger partial charge is 0.261 e. The molecule has 2 aromatic heterocycles. The molecule has 1 aromatic carbocycles. The van der Waals surface area contributed by atoms with Crippen LogP contribution in [0, 0.1) is 0 Å². The van der Waals surface area contributed by atoms with Gasteiger partial charge in [0.25, 0.3) is 0 Å². The first-order valence-corrected chi connectivity index (χ1v) is 6.57. The fourth-order valence-electron chi connectivity index (χ4n) is 1.59. The van der Waals surface area contributed by atoms with E-state index in [0.717, 1.165) is 26.8 Å². The van der Waals surface area contributed by atoms with E-state index >= 15 is 0 Å². The number of rotatable bonds is 3. The first-order valence-electron chi connectivity index (χ1n) is 5.75. The van der Waals surface area contributed by atoms with Crippen LogP contribution in [0.1, 0.15) is 12.6 Å². The van der Waals surface area contributed by atoms with Crippen LogP contribution in [0.25, 0.3) is 10.2 Å². The monoisotopic (exact) mass is 269 g/mol. The maximum Gasteiger partial charge on any atom is 0.204 e. The van der Waals surface area contributed by atoms with E-state index in [1.807, 2.05) is 31.2 Å². The molecule has 0 spiro atoms. The topological polar surface area (TPSA) is 63.1 Å². The molecule has 2 heterocycles. The van der Waals surface area contributed by atoms with Crippen LogP contribution in [-0.2, 0) is 0 Å². The number of nitrogens with zero attached hydrogens (tertiary/aromatic N) is 4. The Morgan fingerprint density at radius 2 is 2.16 bits per heavy atom. The summed E-state index contributed by atoms with van der Waals surface area (Å²) in [5, 5.41) is 5.04. The van der Waals surface area contributed by atoms with Gasteiger partial charge in [-0.05, 0) is 19.1 Å². The van der Waals surface area contributed by atoms with Gasteiger partial charge in [-0.15, -0.1) is 0 Å². The van der Waals surface area contributed by atoms with Crippen molar-refractivity contribution in [3.8, 4) is 0 Å². The Hall–Kier alpha value is -2.34. The van der Waals surface area contributed by atoms with E-state index in [-0.39, 0.29) is 0 Å². The van der Waals surface area contributed by atoms with E-state index in [1.54, 1.807) is 29.9 Å². The quantitative estimate of drug-likeness (QED) is 0.586. The number of fused-ring (bicyclic) bond motifs is 1. The predicted molar refractivity (Wildman–Crippen MR) is 77.5 cm³/mol. The molecule has 0 atom stereocenters. The second-order valence-corrected chi connectivity index (χ2v) is 4.92. The summed E-state index contributed by atoms with van der Waals surface area (Å²) in [5.74, 6) is 0. The zero-order valence-corrected chi connectivity index (χ0v) is 11.1. The van der Waals surface area contributed by atoms with Crippen LogP contribution in [0.2, 0.25) is 0 Å². The number of anilines is 1. The Bertz CT molecular complexity index is 687. The molecule has 0 aliphatic heterocycles. The van der Waals surface area contributed by atoms with Crippen molar-refractivity contribution in [1.82, 2.24) is 15.0 Å². The van der Waals surface area contributed by atoms with Crippen LogP contribution in [0.15, 0.2) is 48.0 Å². The average molecular weight is 269 g/mol. The molecule has 0 aliphatic carbocycles. The second-order valence-electron chi connectivity index (χ2n) is 3.89. The molecule has 0 radical (unpaired) electrons. The molecular formula is C13H11N5S. The minimum Gasteiger partial charge on any atom is -0.261 e. The van der Waals surface area contributed by atoms with Gasteiger partial charge in [0.05, 0.1) is 22.1 Å². The number of benzene rings is 1. The molecule has 6 heteroatoms. The van der Waals surface area contributed by atoms with Gasteiger partial charge in [-0.1, -0.05) is 23.5 Å². The van der Waals surface area contributed by atoms with Crippen molar-refractivity contribution in [2.45, 2.75) is 6.92 Å². The van der Waals surface area contributed by atoms with Crippen LogP contribution in [0.4, 0.5) is 5.13 Å². The second kappa shape index (κ2) is 5.11. The van der Waals surface area contributed by atoms with E-state index in [4.69, 9.17) is 0 Å². The number of para-hydroxylation sites is 1. The summed E-state index contributed by atoms with van der Waals surface area (Å²) in [6.07, 6.45) is 4.96. The molecule has 1 N–H and O–H groups in total. The Morgan fingerprint density at radius 1 is 1.26 bits per heavy atom. The first-order chi connectivity index (χ1) is 9.33. The molecule has 19 heavy (non-hydrogen) atoms. The number of aromatic nitrogens is 3. The Balaban J connectivity index is 1.82. The first kappa shape index (κ1) is 11.7. The summed E-state index contributed by atoms with van der Waals surface area (Å²) in [4.78, 5) is 12.6. The molecule has 3 rings (SSSR count). The van der Waals surface area contributed by atoms with E-state index in [1.165, 1.54) is 0 Å². The SMILES string of the molecule is CC(=NNc1nc2ccccc2s1)c1cnccn1. The molecule has 0 bridgehead atoms. The maximum absolute atomic E-state index is 4.44. The number of hydrogen-bond donors (Lipinski definition) is 1. The van der Waals surface area contributed by atoms with Gasteiger partial charge in [-0.2, -0.15) is 5.10 Å².